The van der Waals surface area contributed by atoms with Crippen LogP contribution in [0, 0.1) is 0 Å². The molecule has 0 spiro atoms. The number of nitrogens with zero attached hydrogens (tertiary/aromatic N) is 1. The third kappa shape index (κ3) is 2.55. The van der Waals surface area contributed by atoms with Crippen molar-refractivity contribution < 1.29 is 0 Å². The Bertz CT molecular complexity index is 496. The van der Waals surface area contributed by atoms with E-state index in [4.69, 9.17) is 23.2 Å². The molecule has 0 saturated carbocycles. The SMILES string of the molecule is CNCc1csc(-c2cc(Cl)ccc2Cl)n1. The highest BCUT2D eigenvalue weighted by atomic mass is 35.5. The van der Waals surface area contributed by atoms with E-state index in [2.05, 4.69) is 10.3 Å². The second kappa shape index (κ2) is 5.15. The highest BCUT2D eigenvalue weighted by Gasteiger charge is 2.08. The Morgan fingerprint density at radius 1 is 1.38 bits per heavy atom. The molecule has 0 fully saturated rings. The van der Waals surface area contributed by atoms with Crippen molar-refractivity contribution in [3.8, 4) is 10.6 Å². The van der Waals surface area contributed by atoms with E-state index in [1.54, 1.807) is 23.5 Å². The fraction of sp³-hybridized carbons (Fsp3) is 0.182. The van der Waals surface area contributed by atoms with E-state index in [0.29, 0.717) is 10.0 Å². The number of hydrogen-bond acceptors (Lipinski definition) is 3. The molecule has 0 saturated heterocycles. The third-order valence-corrected chi connectivity index (χ3v) is 3.56. The number of thiazole rings is 1. The summed E-state index contributed by atoms with van der Waals surface area (Å²) in [6.07, 6.45) is 0. The molecule has 2 rings (SSSR count). The summed E-state index contributed by atoms with van der Waals surface area (Å²) < 4.78 is 0. The molecule has 1 aromatic carbocycles. The minimum atomic E-state index is 0.671. The Hall–Kier alpha value is -0.610. The summed E-state index contributed by atoms with van der Waals surface area (Å²) in [7, 11) is 1.89. The van der Waals surface area contributed by atoms with Crippen molar-refractivity contribution in [3.05, 3.63) is 39.3 Å². The van der Waals surface area contributed by atoms with Gasteiger partial charge in [-0.05, 0) is 25.2 Å². The zero-order valence-electron chi connectivity index (χ0n) is 8.63. The second-order valence-corrected chi connectivity index (χ2v) is 5.00. The Morgan fingerprint density at radius 3 is 2.94 bits per heavy atom. The van der Waals surface area contributed by atoms with Crippen LogP contribution in [0.1, 0.15) is 5.69 Å². The Kier molecular flexibility index (Phi) is 3.82. The lowest BCUT2D eigenvalue weighted by Crippen LogP contribution is -2.04. The van der Waals surface area contributed by atoms with E-state index in [1.165, 1.54) is 0 Å². The normalized spacial score (nSPS) is 10.7. The Balaban J connectivity index is 2.38. The largest absolute Gasteiger partial charge is 0.314 e. The quantitative estimate of drug-likeness (QED) is 0.919. The van der Waals surface area contributed by atoms with Gasteiger partial charge in [-0.25, -0.2) is 4.98 Å². The third-order valence-electron chi connectivity index (χ3n) is 2.07. The van der Waals surface area contributed by atoms with Crippen LogP contribution in [-0.2, 0) is 6.54 Å². The monoisotopic (exact) mass is 272 g/mol. The van der Waals surface area contributed by atoms with Crippen molar-refractivity contribution in [3.63, 3.8) is 0 Å². The van der Waals surface area contributed by atoms with Crippen molar-refractivity contribution in [2.45, 2.75) is 6.54 Å². The van der Waals surface area contributed by atoms with Gasteiger partial charge in [-0.15, -0.1) is 11.3 Å². The first kappa shape index (κ1) is 11.9. The molecule has 0 aliphatic carbocycles. The molecule has 0 atom stereocenters. The van der Waals surface area contributed by atoms with Gasteiger partial charge in [-0.2, -0.15) is 0 Å². The zero-order valence-corrected chi connectivity index (χ0v) is 11.0. The molecule has 0 bridgehead atoms. The predicted molar refractivity (Wildman–Crippen MR) is 70.3 cm³/mol. The average molecular weight is 273 g/mol. The van der Waals surface area contributed by atoms with Crippen molar-refractivity contribution >= 4 is 34.5 Å². The molecule has 1 N–H and O–H groups in total. The molecule has 2 aromatic rings. The van der Waals surface area contributed by atoms with Gasteiger partial charge in [0.15, 0.2) is 0 Å². The maximum absolute atomic E-state index is 6.11. The predicted octanol–water partition coefficient (Wildman–Crippen LogP) is 3.84. The van der Waals surface area contributed by atoms with Gasteiger partial charge < -0.3 is 5.32 Å². The van der Waals surface area contributed by atoms with Crippen LogP contribution >= 0.6 is 34.5 Å². The molecule has 0 aliphatic heterocycles. The molecule has 1 heterocycles. The highest BCUT2D eigenvalue weighted by Crippen LogP contribution is 2.32. The smallest absolute Gasteiger partial charge is 0.125 e. The minimum Gasteiger partial charge on any atom is -0.314 e. The van der Waals surface area contributed by atoms with Gasteiger partial charge in [-0.3, -0.25) is 0 Å². The summed E-state index contributed by atoms with van der Waals surface area (Å²) in [6.45, 7) is 0.759. The molecule has 0 radical (unpaired) electrons. The zero-order chi connectivity index (χ0) is 11.5. The molecule has 5 heteroatoms. The Morgan fingerprint density at radius 2 is 2.19 bits per heavy atom. The van der Waals surface area contributed by atoms with Gasteiger partial charge in [0.05, 0.1) is 10.7 Å². The number of nitrogens with one attached hydrogen (secondary N) is 1. The fourth-order valence-electron chi connectivity index (χ4n) is 1.35. The highest BCUT2D eigenvalue weighted by molar-refractivity contribution is 7.13. The fourth-order valence-corrected chi connectivity index (χ4v) is 2.64. The number of halogens is 2. The van der Waals surface area contributed by atoms with Crippen molar-refractivity contribution in [1.82, 2.24) is 10.3 Å². The van der Waals surface area contributed by atoms with E-state index >= 15 is 0 Å². The molecule has 0 unspecified atom stereocenters. The molecular weight excluding hydrogens is 263 g/mol. The van der Waals surface area contributed by atoms with Crippen LogP contribution in [0.2, 0.25) is 10.0 Å². The number of rotatable bonds is 3. The van der Waals surface area contributed by atoms with Crippen molar-refractivity contribution in [2.24, 2.45) is 0 Å². The molecule has 16 heavy (non-hydrogen) atoms. The maximum Gasteiger partial charge on any atom is 0.125 e. The van der Waals surface area contributed by atoms with Crippen molar-refractivity contribution in [2.75, 3.05) is 7.05 Å². The lowest BCUT2D eigenvalue weighted by atomic mass is 10.2. The van der Waals surface area contributed by atoms with Gasteiger partial charge in [0.2, 0.25) is 0 Å². The number of aromatic nitrogens is 1. The first-order chi connectivity index (χ1) is 7.70. The summed E-state index contributed by atoms with van der Waals surface area (Å²) in [6, 6.07) is 5.40. The average Bonchev–Trinajstić information content (AvgIpc) is 2.71. The number of hydrogen-bond donors (Lipinski definition) is 1. The van der Waals surface area contributed by atoms with E-state index in [0.717, 1.165) is 22.8 Å². The van der Waals surface area contributed by atoms with Crippen LogP contribution < -0.4 is 5.32 Å². The van der Waals surface area contributed by atoms with E-state index in [1.807, 2.05) is 18.5 Å². The molecule has 1 aromatic heterocycles. The number of benzene rings is 1. The van der Waals surface area contributed by atoms with Crippen LogP contribution in [0.15, 0.2) is 23.6 Å². The van der Waals surface area contributed by atoms with E-state index in [9.17, 15) is 0 Å². The van der Waals surface area contributed by atoms with Crippen LogP contribution in [0.3, 0.4) is 0 Å². The summed E-state index contributed by atoms with van der Waals surface area (Å²) in [4.78, 5) is 4.49. The summed E-state index contributed by atoms with van der Waals surface area (Å²) >= 11 is 13.6. The Labute approximate surface area is 108 Å². The van der Waals surface area contributed by atoms with Crippen LogP contribution in [0.5, 0.6) is 0 Å². The standard InChI is InChI=1S/C11H10Cl2N2S/c1-14-5-8-6-16-11(15-8)9-4-7(12)2-3-10(9)13/h2-4,6,14H,5H2,1H3. The van der Waals surface area contributed by atoms with Gasteiger partial charge in [0, 0.05) is 22.5 Å². The van der Waals surface area contributed by atoms with E-state index < -0.39 is 0 Å². The molecule has 0 aliphatic rings. The molecule has 2 nitrogen and oxygen atoms in total. The topological polar surface area (TPSA) is 24.9 Å². The summed E-state index contributed by atoms with van der Waals surface area (Å²) in [5.74, 6) is 0. The first-order valence-corrected chi connectivity index (χ1v) is 6.38. The maximum atomic E-state index is 6.11. The van der Waals surface area contributed by atoms with Gasteiger partial charge >= 0.3 is 0 Å². The second-order valence-electron chi connectivity index (χ2n) is 3.30. The van der Waals surface area contributed by atoms with Crippen LogP contribution in [0.4, 0.5) is 0 Å². The minimum absolute atomic E-state index is 0.671. The van der Waals surface area contributed by atoms with Gasteiger partial charge in [0.1, 0.15) is 5.01 Å². The van der Waals surface area contributed by atoms with Gasteiger partial charge in [0.25, 0.3) is 0 Å². The van der Waals surface area contributed by atoms with Crippen LogP contribution in [0.25, 0.3) is 10.6 Å². The van der Waals surface area contributed by atoms with E-state index in [-0.39, 0.29) is 0 Å². The molecular formula is C11H10Cl2N2S. The summed E-state index contributed by atoms with van der Waals surface area (Å²) in [5, 5.41) is 7.32. The molecule has 84 valence electrons. The molecule has 0 amide bonds. The summed E-state index contributed by atoms with van der Waals surface area (Å²) in [5.41, 5.74) is 1.90. The lowest BCUT2D eigenvalue weighted by Gasteiger charge is -2.00. The van der Waals surface area contributed by atoms with Crippen molar-refractivity contribution in [1.29, 1.82) is 0 Å². The van der Waals surface area contributed by atoms with Gasteiger partial charge in [-0.1, -0.05) is 23.2 Å². The van der Waals surface area contributed by atoms with Crippen LogP contribution in [-0.4, -0.2) is 12.0 Å². The first-order valence-electron chi connectivity index (χ1n) is 4.75. The lowest BCUT2D eigenvalue weighted by molar-refractivity contribution is 0.798.